The van der Waals surface area contributed by atoms with E-state index in [-0.39, 0.29) is 23.8 Å². The minimum atomic E-state index is 0.155. The molecule has 2 fully saturated rings. The van der Waals surface area contributed by atoms with E-state index in [0.717, 1.165) is 56.4 Å². The smallest absolute Gasteiger partial charge is 0.223 e. The van der Waals surface area contributed by atoms with E-state index < -0.39 is 0 Å². The van der Waals surface area contributed by atoms with Crippen LogP contribution in [0.4, 0.5) is 0 Å². The lowest BCUT2D eigenvalue weighted by Crippen LogP contribution is -2.37. The summed E-state index contributed by atoms with van der Waals surface area (Å²) in [5.41, 5.74) is 1.16. The van der Waals surface area contributed by atoms with Gasteiger partial charge in [-0.3, -0.25) is 9.59 Å². The lowest BCUT2D eigenvalue weighted by atomic mass is 10.0. The van der Waals surface area contributed by atoms with Crippen LogP contribution in [-0.4, -0.2) is 43.0 Å². The predicted octanol–water partition coefficient (Wildman–Crippen LogP) is 2.54. The zero-order valence-electron chi connectivity index (χ0n) is 15.0. The fourth-order valence-corrected chi connectivity index (χ4v) is 3.59. The third kappa shape index (κ3) is 4.74. The van der Waals surface area contributed by atoms with Gasteiger partial charge in [-0.15, -0.1) is 0 Å². The molecular formula is C20H28N2O3. The molecule has 2 aliphatic rings. The van der Waals surface area contributed by atoms with Gasteiger partial charge < -0.3 is 15.0 Å². The standard InChI is InChI=1S/C20H28N2O3/c1-25-18-8-3-2-6-16(18)14-17-7-5-13-22(17)19(23)9-4-12-21-20(24)15-10-11-15/h2-3,6,8,15,17H,4-5,7,9-14H2,1H3,(H,21,24). The summed E-state index contributed by atoms with van der Waals surface area (Å²) in [7, 11) is 1.69. The van der Waals surface area contributed by atoms with Crippen LogP contribution in [0.5, 0.6) is 5.75 Å². The Morgan fingerprint density at radius 3 is 2.80 bits per heavy atom. The third-order valence-corrected chi connectivity index (χ3v) is 5.16. The molecule has 25 heavy (non-hydrogen) atoms. The van der Waals surface area contributed by atoms with Crippen molar-refractivity contribution in [3.8, 4) is 5.75 Å². The van der Waals surface area contributed by atoms with Gasteiger partial charge in [-0.25, -0.2) is 0 Å². The number of benzene rings is 1. The molecule has 0 spiro atoms. The van der Waals surface area contributed by atoms with Crippen LogP contribution in [0.15, 0.2) is 24.3 Å². The topological polar surface area (TPSA) is 58.6 Å². The first-order valence-electron chi connectivity index (χ1n) is 9.38. The quantitative estimate of drug-likeness (QED) is 0.737. The van der Waals surface area contributed by atoms with E-state index >= 15 is 0 Å². The summed E-state index contributed by atoms with van der Waals surface area (Å²) in [4.78, 5) is 26.2. The number of carbonyl (C=O) groups excluding carboxylic acids is 2. The minimum Gasteiger partial charge on any atom is -0.496 e. The maximum absolute atomic E-state index is 12.6. The number of carbonyl (C=O) groups is 2. The molecule has 1 heterocycles. The Kier molecular flexibility index (Phi) is 5.95. The molecule has 5 nitrogen and oxygen atoms in total. The molecule has 1 saturated heterocycles. The number of hydrogen-bond donors (Lipinski definition) is 1. The first kappa shape index (κ1) is 17.8. The van der Waals surface area contributed by atoms with Gasteiger partial charge in [0.1, 0.15) is 5.75 Å². The molecule has 1 aromatic carbocycles. The number of nitrogens with zero attached hydrogens (tertiary/aromatic N) is 1. The fourth-order valence-electron chi connectivity index (χ4n) is 3.59. The van der Waals surface area contributed by atoms with E-state index in [1.165, 1.54) is 0 Å². The highest BCUT2D eigenvalue weighted by Crippen LogP contribution is 2.29. The molecule has 1 saturated carbocycles. The molecule has 0 aromatic heterocycles. The van der Waals surface area contributed by atoms with Crippen LogP contribution in [0, 0.1) is 5.92 Å². The molecule has 136 valence electrons. The third-order valence-electron chi connectivity index (χ3n) is 5.16. The Morgan fingerprint density at radius 2 is 2.04 bits per heavy atom. The highest BCUT2D eigenvalue weighted by Gasteiger charge is 2.30. The van der Waals surface area contributed by atoms with Gasteiger partial charge in [0.2, 0.25) is 11.8 Å². The molecule has 5 heteroatoms. The van der Waals surface area contributed by atoms with Gasteiger partial charge in [-0.1, -0.05) is 18.2 Å². The molecule has 2 amide bonds. The van der Waals surface area contributed by atoms with Crippen LogP contribution in [-0.2, 0) is 16.0 Å². The molecule has 3 rings (SSSR count). The van der Waals surface area contributed by atoms with Gasteiger partial charge in [0.15, 0.2) is 0 Å². The van der Waals surface area contributed by atoms with Gasteiger partial charge in [-0.2, -0.15) is 0 Å². The molecule has 0 radical (unpaired) electrons. The number of para-hydroxylation sites is 1. The second-order valence-electron chi connectivity index (χ2n) is 7.07. The van der Waals surface area contributed by atoms with Crippen molar-refractivity contribution < 1.29 is 14.3 Å². The zero-order chi connectivity index (χ0) is 17.6. The molecule has 0 bridgehead atoms. The SMILES string of the molecule is COc1ccccc1CC1CCCN1C(=O)CCCNC(=O)C1CC1. The summed E-state index contributed by atoms with van der Waals surface area (Å²) in [5.74, 6) is 1.49. The summed E-state index contributed by atoms with van der Waals surface area (Å²) in [6, 6.07) is 8.29. The number of hydrogen-bond acceptors (Lipinski definition) is 3. The van der Waals surface area contributed by atoms with Crippen LogP contribution >= 0.6 is 0 Å². The molecular weight excluding hydrogens is 316 g/mol. The van der Waals surface area contributed by atoms with Crippen molar-refractivity contribution in [1.82, 2.24) is 10.2 Å². The Labute approximate surface area is 149 Å². The number of amides is 2. The van der Waals surface area contributed by atoms with Crippen LogP contribution in [0.1, 0.15) is 44.1 Å². The van der Waals surface area contributed by atoms with Crippen LogP contribution in [0.3, 0.4) is 0 Å². The average Bonchev–Trinajstić information content (AvgIpc) is 3.38. The van der Waals surface area contributed by atoms with E-state index in [9.17, 15) is 9.59 Å². The molecule has 1 aromatic rings. The van der Waals surface area contributed by atoms with Crippen molar-refractivity contribution in [2.24, 2.45) is 5.92 Å². The second kappa shape index (κ2) is 8.37. The average molecular weight is 344 g/mol. The Hall–Kier alpha value is -2.04. The van der Waals surface area contributed by atoms with Crippen molar-refractivity contribution in [3.05, 3.63) is 29.8 Å². The first-order chi connectivity index (χ1) is 12.2. The maximum Gasteiger partial charge on any atom is 0.223 e. The van der Waals surface area contributed by atoms with E-state index in [0.29, 0.717) is 13.0 Å². The van der Waals surface area contributed by atoms with Crippen LogP contribution in [0.25, 0.3) is 0 Å². The molecule has 1 atom stereocenters. The molecule has 1 aliphatic carbocycles. The van der Waals surface area contributed by atoms with Gasteiger partial charge in [-0.05, 0) is 50.2 Å². The summed E-state index contributed by atoms with van der Waals surface area (Å²) >= 11 is 0. The van der Waals surface area contributed by atoms with Crippen LogP contribution in [0.2, 0.25) is 0 Å². The largest absolute Gasteiger partial charge is 0.496 e. The number of ether oxygens (including phenoxy) is 1. The summed E-state index contributed by atoms with van der Waals surface area (Å²) < 4.78 is 5.43. The Bertz CT molecular complexity index is 613. The van der Waals surface area contributed by atoms with Crippen molar-refractivity contribution in [2.45, 2.75) is 51.0 Å². The lowest BCUT2D eigenvalue weighted by molar-refractivity contribution is -0.132. The van der Waals surface area contributed by atoms with Gasteiger partial charge in [0.05, 0.1) is 7.11 Å². The molecule has 1 aliphatic heterocycles. The second-order valence-corrected chi connectivity index (χ2v) is 7.07. The Morgan fingerprint density at radius 1 is 1.24 bits per heavy atom. The van der Waals surface area contributed by atoms with Crippen molar-refractivity contribution >= 4 is 11.8 Å². The van der Waals surface area contributed by atoms with Gasteiger partial charge in [0.25, 0.3) is 0 Å². The highest BCUT2D eigenvalue weighted by atomic mass is 16.5. The number of rotatable bonds is 8. The number of likely N-dealkylation sites (tertiary alicyclic amines) is 1. The van der Waals surface area contributed by atoms with E-state index in [1.54, 1.807) is 7.11 Å². The minimum absolute atomic E-state index is 0.155. The maximum atomic E-state index is 12.6. The van der Waals surface area contributed by atoms with Crippen molar-refractivity contribution in [1.29, 1.82) is 0 Å². The van der Waals surface area contributed by atoms with E-state index in [2.05, 4.69) is 11.4 Å². The fraction of sp³-hybridized carbons (Fsp3) is 0.600. The monoisotopic (exact) mass is 344 g/mol. The number of nitrogens with one attached hydrogen (secondary N) is 1. The highest BCUT2D eigenvalue weighted by molar-refractivity contribution is 5.81. The van der Waals surface area contributed by atoms with Crippen LogP contribution < -0.4 is 10.1 Å². The molecule has 1 unspecified atom stereocenters. The van der Waals surface area contributed by atoms with Crippen molar-refractivity contribution in [2.75, 3.05) is 20.2 Å². The number of methoxy groups -OCH3 is 1. The van der Waals surface area contributed by atoms with Gasteiger partial charge >= 0.3 is 0 Å². The summed E-state index contributed by atoms with van der Waals surface area (Å²) in [6.45, 7) is 1.44. The Balaban J connectivity index is 1.46. The lowest BCUT2D eigenvalue weighted by Gasteiger charge is -2.25. The van der Waals surface area contributed by atoms with Crippen molar-refractivity contribution in [3.63, 3.8) is 0 Å². The predicted molar refractivity (Wildman–Crippen MR) is 96.4 cm³/mol. The summed E-state index contributed by atoms with van der Waals surface area (Å²) in [5, 5.41) is 2.93. The zero-order valence-corrected chi connectivity index (χ0v) is 15.0. The first-order valence-corrected chi connectivity index (χ1v) is 9.38. The van der Waals surface area contributed by atoms with E-state index in [4.69, 9.17) is 4.74 Å². The normalized spacial score (nSPS) is 19.7. The van der Waals surface area contributed by atoms with E-state index in [1.807, 2.05) is 23.1 Å². The molecule has 1 N–H and O–H groups in total. The van der Waals surface area contributed by atoms with Gasteiger partial charge in [0, 0.05) is 31.5 Å². The summed E-state index contributed by atoms with van der Waals surface area (Å²) in [6.07, 6.45) is 6.20.